The summed E-state index contributed by atoms with van der Waals surface area (Å²) in [5, 5.41) is 3.18. The molecule has 2 aromatic rings. The minimum absolute atomic E-state index is 0.548. The number of methoxy groups -OCH3 is 1. The Balaban J connectivity index is 1.92. The van der Waals surface area contributed by atoms with E-state index in [0.29, 0.717) is 6.67 Å². The van der Waals surface area contributed by atoms with E-state index in [9.17, 15) is 0 Å². The van der Waals surface area contributed by atoms with Crippen LogP contribution in [0.25, 0.3) is 0 Å². The molecule has 2 aromatic carbocycles. The van der Waals surface area contributed by atoms with E-state index in [4.69, 9.17) is 10.6 Å². The molecule has 20 heavy (non-hydrogen) atoms. The predicted octanol–water partition coefficient (Wildman–Crippen LogP) is 2.82. The van der Waals surface area contributed by atoms with Crippen LogP contribution >= 0.6 is 11.8 Å². The predicted molar refractivity (Wildman–Crippen MR) is 84.8 cm³/mol. The van der Waals surface area contributed by atoms with E-state index in [1.807, 2.05) is 24.3 Å². The lowest BCUT2D eigenvalue weighted by Gasteiger charge is -2.08. The average molecular weight is 289 g/mol. The summed E-state index contributed by atoms with van der Waals surface area (Å²) in [4.78, 5) is 1.22. The Morgan fingerprint density at radius 2 is 1.95 bits per heavy atom. The molecule has 0 saturated heterocycles. The number of thioether (sulfide) groups is 1. The minimum Gasteiger partial charge on any atom is -0.497 e. The van der Waals surface area contributed by atoms with Crippen molar-refractivity contribution in [1.82, 2.24) is 5.43 Å². The summed E-state index contributed by atoms with van der Waals surface area (Å²) in [6, 6.07) is 16.4. The van der Waals surface area contributed by atoms with Gasteiger partial charge in [0.1, 0.15) is 5.75 Å². The van der Waals surface area contributed by atoms with Crippen molar-refractivity contribution in [3.8, 4) is 5.75 Å². The normalized spacial score (nSPS) is 10.3. The molecule has 4 nitrogen and oxygen atoms in total. The lowest BCUT2D eigenvalue weighted by atomic mass is 10.2. The summed E-state index contributed by atoms with van der Waals surface area (Å²) >= 11 is 1.80. The Hall–Kier alpha value is -1.69. The number of ether oxygens (including phenoxy) is 1. The fourth-order valence-electron chi connectivity index (χ4n) is 1.74. The topological polar surface area (TPSA) is 59.3 Å². The second-order valence-electron chi connectivity index (χ2n) is 4.22. The average Bonchev–Trinajstić information content (AvgIpc) is 2.52. The highest BCUT2D eigenvalue weighted by molar-refractivity contribution is 7.98. The van der Waals surface area contributed by atoms with Crippen molar-refractivity contribution >= 4 is 17.4 Å². The van der Waals surface area contributed by atoms with Crippen molar-refractivity contribution in [2.45, 2.75) is 10.6 Å². The fraction of sp³-hybridized carbons (Fsp3) is 0.200. The maximum Gasteiger partial charge on any atom is 0.118 e. The SMILES string of the molecule is COc1ccc(CSc2cccc(NCNN)c2)cc1. The summed E-state index contributed by atoms with van der Waals surface area (Å²) in [5.41, 5.74) is 4.91. The number of anilines is 1. The summed E-state index contributed by atoms with van der Waals surface area (Å²) in [5.74, 6) is 7.07. The first-order valence-corrected chi connectivity index (χ1v) is 7.33. The molecule has 0 aliphatic carbocycles. The fourth-order valence-corrected chi connectivity index (χ4v) is 2.65. The number of rotatable bonds is 7. The molecular formula is C15H19N3OS. The lowest BCUT2D eigenvalue weighted by Crippen LogP contribution is -2.28. The summed E-state index contributed by atoms with van der Waals surface area (Å²) < 4.78 is 5.15. The molecule has 106 valence electrons. The third-order valence-electron chi connectivity index (χ3n) is 2.79. The molecule has 0 radical (unpaired) electrons. The van der Waals surface area contributed by atoms with Gasteiger partial charge < -0.3 is 10.1 Å². The smallest absolute Gasteiger partial charge is 0.118 e. The van der Waals surface area contributed by atoms with Crippen molar-refractivity contribution in [2.75, 3.05) is 19.1 Å². The molecule has 0 aliphatic heterocycles. The van der Waals surface area contributed by atoms with Gasteiger partial charge in [0.15, 0.2) is 0 Å². The van der Waals surface area contributed by atoms with Crippen LogP contribution in [-0.2, 0) is 5.75 Å². The number of hydrazine groups is 1. The van der Waals surface area contributed by atoms with Gasteiger partial charge in [0, 0.05) is 16.3 Å². The van der Waals surface area contributed by atoms with Crippen molar-refractivity contribution in [2.24, 2.45) is 5.84 Å². The van der Waals surface area contributed by atoms with E-state index in [1.165, 1.54) is 10.5 Å². The van der Waals surface area contributed by atoms with Crippen LogP contribution in [0.1, 0.15) is 5.56 Å². The molecule has 5 heteroatoms. The van der Waals surface area contributed by atoms with Gasteiger partial charge in [-0.05, 0) is 35.9 Å². The van der Waals surface area contributed by atoms with E-state index in [1.54, 1.807) is 18.9 Å². The molecule has 2 rings (SSSR count). The van der Waals surface area contributed by atoms with Crippen molar-refractivity contribution in [3.63, 3.8) is 0 Å². The summed E-state index contributed by atoms with van der Waals surface area (Å²) in [6.45, 7) is 0.548. The Bertz CT molecular complexity index is 531. The molecule has 0 atom stereocenters. The summed E-state index contributed by atoms with van der Waals surface area (Å²) in [6.07, 6.45) is 0. The van der Waals surface area contributed by atoms with Gasteiger partial charge in [-0.25, -0.2) is 5.43 Å². The Morgan fingerprint density at radius 1 is 1.15 bits per heavy atom. The van der Waals surface area contributed by atoms with E-state index in [2.05, 4.69) is 35.0 Å². The molecule has 0 aliphatic rings. The quantitative estimate of drug-likeness (QED) is 0.317. The van der Waals surface area contributed by atoms with Crippen LogP contribution in [0.5, 0.6) is 5.75 Å². The van der Waals surface area contributed by atoms with Crippen LogP contribution in [0.4, 0.5) is 5.69 Å². The molecule has 0 heterocycles. The van der Waals surface area contributed by atoms with Crippen molar-refractivity contribution in [3.05, 3.63) is 54.1 Å². The zero-order chi connectivity index (χ0) is 14.2. The van der Waals surface area contributed by atoms with Gasteiger partial charge in [0.2, 0.25) is 0 Å². The van der Waals surface area contributed by atoms with Gasteiger partial charge in [-0.2, -0.15) is 0 Å². The monoisotopic (exact) mass is 289 g/mol. The second kappa shape index (κ2) is 7.79. The molecule has 0 unspecified atom stereocenters. The summed E-state index contributed by atoms with van der Waals surface area (Å²) in [7, 11) is 1.68. The third-order valence-corrected chi connectivity index (χ3v) is 3.86. The Labute approximate surface area is 123 Å². The molecule has 0 aromatic heterocycles. The van der Waals surface area contributed by atoms with Gasteiger partial charge in [-0.3, -0.25) is 5.84 Å². The zero-order valence-electron chi connectivity index (χ0n) is 11.4. The maximum atomic E-state index is 5.24. The standard InChI is InChI=1S/C15H19N3OS/c1-19-14-7-5-12(6-8-14)10-20-15-4-2-3-13(9-15)17-11-18-16/h2-9,17-18H,10-11,16H2,1H3. The van der Waals surface area contributed by atoms with Gasteiger partial charge in [0.25, 0.3) is 0 Å². The highest BCUT2D eigenvalue weighted by Gasteiger charge is 1.99. The molecule has 0 amide bonds. The Morgan fingerprint density at radius 3 is 2.65 bits per heavy atom. The number of benzene rings is 2. The van der Waals surface area contributed by atoms with Crippen LogP contribution in [0.15, 0.2) is 53.4 Å². The van der Waals surface area contributed by atoms with Crippen molar-refractivity contribution in [1.29, 1.82) is 0 Å². The van der Waals surface area contributed by atoms with Crippen molar-refractivity contribution < 1.29 is 4.74 Å². The largest absolute Gasteiger partial charge is 0.497 e. The second-order valence-corrected chi connectivity index (χ2v) is 5.27. The third kappa shape index (κ3) is 4.45. The number of hydrogen-bond acceptors (Lipinski definition) is 5. The number of hydrogen-bond donors (Lipinski definition) is 3. The molecular weight excluding hydrogens is 270 g/mol. The molecule has 0 bridgehead atoms. The van der Waals surface area contributed by atoms with Gasteiger partial charge in [-0.1, -0.05) is 18.2 Å². The molecule has 4 N–H and O–H groups in total. The first-order chi connectivity index (χ1) is 9.81. The lowest BCUT2D eigenvalue weighted by molar-refractivity contribution is 0.414. The van der Waals surface area contributed by atoms with Crippen LogP contribution < -0.4 is 21.3 Å². The van der Waals surface area contributed by atoms with Crippen LogP contribution in [0, 0.1) is 0 Å². The first kappa shape index (κ1) is 14.7. The molecule has 0 saturated carbocycles. The van der Waals surface area contributed by atoms with Gasteiger partial charge in [-0.15, -0.1) is 11.8 Å². The van der Waals surface area contributed by atoms with E-state index in [-0.39, 0.29) is 0 Å². The van der Waals surface area contributed by atoms with Gasteiger partial charge in [0.05, 0.1) is 13.8 Å². The maximum absolute atomic E-state index is 5.24. The number of nitrogens with two attached hydrogens (primary N) is 1. The molecule has 0 spiro atoms. The Kier molecular flexibility index (Phi) is 5.73. The van der Waals surface area contributed by atoms with Crippen LogP contribution in [0.2, 0.25) is 0 Å². The highest BCUT2D eigenvalue weighted by Crippen LogP contribution is 2.25. The van der Waals surface area contributed by atoms with E-state index < -0.39 is 0 Å². The zero-order valence-corrected chi connectivity index (χ0v) is 12.2. The minimum atomic E-state index is 0.548. The van der Waals surface area contributed by atoms with E-state index in [0.717, 1.165) is 17.2 Å². The van der Waals surface area contributed by atoms with Gasteiger partial charge >= 0.3 is 0 Å². The highest BCUT2D eigenvalue weighted by atomic mass is 32.2. The van der Waals surface area contributed by atoms with Crippen LogP contribution in [0.3, 0.4) is 0 Å². The number of nitrogens with one attached hydrogen (secondary N) is 2. The van der Waals surface area contributed by atoms with E-state index >= 15 is 0 Å². The molecule has 0 fully saturated rings. The first-order valence-electron chi connectivity index (χ1n) is 6.35. The van der Waals surface area contributed by atoms with Crippen LogP contribution in [-0.4, -0.2) is 13.8 Å².